The Labute approximate surface area is 166 Å². The van der Waals surface area contributed by atoms with Crippen LogP contribution in [-0.2, 0) is 4.74 Å². The van der Waals surface area contributed by atoms with Crippen LogP contribution in [-0.4, -0.2) is 62.8 Å². The van der Waals surface area contributed by atoms with Gasteiger partial charge < -0.3 is 20.3 Å². The van der Waals surface area contributed by atoms with Crippen molar-refractivity contribution in [2.45, 2.75) is 59.4 Å². The van der Waals surface area contributed by atoms with E-state index < -0.39 is 0 Å². The topological polar surface area (TPSA) is 48.9 Å². The molecule has 0 radical (unpaired) electrons. The lowest BCUT2D eigenvalue weighted by molar-refractivity contribution is 0.109. The zero-order chi connectivity index (χ0) is 16.9. The van der Waals surface area contributed by atoms with Crippen LogP contribution in [0.3, 0.4) is 0 Å². The number of aliphatic imine (C=N–C) groups is 1. The van der Waals surface area contributed by atoms with E-state index in [-0.39, 0.29) is 24.0 Å². The number of piperidine rings is 1. The van der Waals surface area contributed by atoms with Crippen molar-refractivity contribution in [3.63, 3.8) is 0 Å². The number of ether oxygens (including phenoxy) is 1. The van der Waals surface area contributed by atoms with E-state index in [1.165, 1.54) is 38.9 Å². The van der Waals surface area contributed by atoms with Gasteiger partial charge in [-0.25, -0.2) is 0 Å². The Hall–Kier alpha value is -0.0800. The minimum atomic E-state index is 0. The molecule has 1 heterocycles. The zero-order valence-electron chi connectivity index (χ0n) is 16.1. The second-order valence-corrected chi connectivity index (χ2v) is 6.84. The van der Waals surface area contributed by atoms with Crippen molar-refractivity contribution in [3.8, 4) is 0 Å². The largest absolute Gasteiger partial charge is 0.381 e. The lowest BCUT2D eigenvalue weighted by atomic mass is 10.1. The van der Waals surface area contributed by atoms with Crippen molar-refractivity contribution in [1.82, 2.24) is 15.5 Å². The molecule has 1 saturated heterocycles. The number of nitrogens with one attached hydrogen (secondary N) is 2. The molecular weight excluding hydrogens is 415 g/mol. The average molecular weight is 454 g/mol. The molecule has 0 spiro atoms. The molecule has 1 fully saturated rings. The molecule has 1 aliphatic heterocycles. The highest BCUT2D eigenvalue weighted by Crippen LogP contribution is 2.10. The molecule has 0 aliphatic carbocycles. The quantitative estimate of drug-likeness (QED) is 0.231. The average Bonchev–Trinajstić information content (AvgIpc) is 2.52. The smallest absolute Gasteiger partial charge is 0.191 e. The van der Waals surface area contributed by atoms with Crippen molar-refractivity contribution >= 4 is 29.9 Å². The lowest BCUT2D eigenvalue weighted by Crippen LogP contribution is -2.48. The molecule has 0 aromatic rings. The molecule has 0 saturated carbocycles. The van der Waals surface area contributed by atoms with Crippen molar-refractivity contribution in [1.29, 1.82) is 0 Å². The summed E-state index contributed by atoms with van der Waals surface area (Å²) in [6.07, 6.45) is 4.66. The summed E-state index contributed by atoms with van der Waals surface area (Å²) in [5.74, 6) is 1.57. The highest BCUT2D eigenvalue weighted by atomic mass is 127. The van der Waals surface area contributed by atoms with E-state index in [1.807, 2.05) is 0 Å². The summed E-state index contributed by atoms with van der Waals surface area (Å²) in [6.45, 7) is 15.7. The Morgan fingerprint density at radius 1 is 1.25 bits per heavy atom. The summed E-state index contributed by atoms with van der Waals surface area (Å²) in [5.41, 5.74) is 0. The SMILES string of the molecule is CCCN1CCC(NC(=NCCCOCC(C)C)NCC)CC1.I. The molecule has 1 rings (SSSR count). The Morgan fingerprint density at radius 3 is 2.54 bits per heavy atom. The van der Waals surface area contributed by atoms with Gasteiger partial charge in [-0.2, -0.15) is 0 Å². The van der Waals surface area contributed by atoms with Crippen LogP contribution in [0.2, 0.25) is 0 Å². The number of hydrogen-bond donors (Lipinski definition) is 2. The molecule has 0 atom stereocenters. The summed E-state index contributed by atoms with van der Waals surface area (Å²) in [5, 5.41) is 6.96. The van der Waals surface area contributed by atoms with Gasteiger partial charge in [-0.15, -0.1) is 24.0 Å². The van der Waals surface area contributed by atoms with E-state index in [2.05, 4.69) is 48.2 Å². The van der Waals surface area contributed by atoms with E-state index in [0.29, 0.717) is 12.0 Å². The van der Waals surface area contributed by atoms with Gasteiger partial charge in [0.15, 0.2) is 5.96 Å². The summed E-state index contributed by atoms with van der Waals surface area (Å²) in [4.78, 5) is 7.24. The molecule has 6 heteroatoms. The first-order valence-corrected chi connectivity index (χ1v) is 9.50. The van der Waals surface area contributed by atoms with Gasteiger partial charge >= 0.3 is 0 Å². The highest BCUT2D eigenvalue weighted by molar-refractivity contribution is 14.0. The molecule has 5 nitrogen and oxygen atoms in total. The van der Waals surface area contributed by atoms with E-state index in [9.17, 15) is 0 Å². The predicted molar refractivity (Wildman–Crippen MR) is 115 cm³/mol. The molecule has 0 unspecified atom stereocenters. The van der Waals surface area contributed by atoms with Gasteiger partial charge in [0, 0.05) is 45.4 Å². The Bertz CT molecular complexity index is 318. The Balaban J connectivity index is 0.00000529. The Morgan fingerprint density at radius 2 is 1.96 bits per heavy atom. The molecule has 24 heavy (non-hydrogen) atoms. The van der Waals surface area contributed by atoms with Crippen LogP contribution >= 0.6 is 24.0 Å². The fourth-order valence-electron chi connectivity index (χ4n) is 2.81. The van der Waals surface area contributed by atoms with Crippen LogP contribution in [0.1, 0.15) is 53.4 Å². The van der Waals surface area contributed by atoms with E-state index in [4.69, 9.17) is 4.74 Å². The van der Waals surface area contributed by atoms with Crippen LogP contribution in [0.15, 0.2) is 4.99 Å². The number of guanidine groups is 1. The molecular formula is C18H39IN4O. The Kier molecular flexibility index (Phi) is 15.1. The van der Waals surface area contributed by atoms with Crippen LogP contribution in [0.5, 0.6) is 0 Å². The number of nitrogens with zero attached hydrogens (tertiary/aromatic N) is 2. The van der Waals surface area contributed by atoms with Gasteiger partial charge in [-0.3, -0.25) is 4.99 Å². The van der Waals surface area contributed by atoms with Crippen LogP contribution in [0.25, 0.3) is 0 Å². The van der Waals surface area contributed by atoms with Gasteiger partial charge in [-0.1, -0.05) is 20.8 Å². The van der Waals surface area contributed by atoms with Crippen molar-refractivity contribution in [2.24, 2.45) is 10.9 Å². The summed E-state index contributed by atoms with van der Waals surface area (Å²) < 4.78 is 5.61. The van der Waals surface area contributed by atoms with Gasteiger partial charge in [0.25, 0.3) is 0 Å². The van der Waals surface area contributed by atoms with E-state index >= 15 is 0 Å². The van der Waals surface area contributed by atoms with Crippen molar-refractivity contribution in [3.05, 3.63) is 0 Å². The molecule has 2 N–H and O–H groups in total. The lowest BCUT2D eigenvalue weighted by Gasteiger charge is -2.32. The number of hydrogen-bond acceptors (Lipinski definition) is 3. The van der Waals surface area contributed by atoms with Crippen molar-refractivity contribution in [2.75, 3.05) is 45.9 Å². The van der Waals surface area contributed by atoms with Gasteiger partial charge in [0.2, 0.25) is 0 Å². The molecule has 144 valence electrons. The standard InChI is InChI=1S/C18H38N4O.HI/c1-5-11-22-12-8-17(9-13-22)21-18(19-6-2)20-10-7-14-23-15-16(3)4;/h16-17H,5-15H2,1-4H3,(H2,19,20,21);1H. The summed E-state index contributed by atoms with van der Waals surface area (Å²) in [6, 6.07) is 0.554. The predicted octanol–water partition coefficient (Wildman–Crippen LogP) is 3.10. The maximum Gasteiger partial charge on any atom is 0.191 e. The van der Waals surface area contributed by atoms with Gasteiger partial charge in [-0.05, 0) is 45.1 Å². The van der Waals surface area contributed by atoms with Gasteiger partial charge in [0.05, 0.1) is 0 Å². The van der Waals surface area contributed by atoms with Crippen LogP contribution in [0.4, 0.5) is 0 Å². The third kappa shape index (κ3) is 11.5. The number of likely N-dealkylation sites (tertiary alicyclic amines) is 1. The third-order valence-electron chi connectivity index (χ3n) is 3.98. The van der Waals surface area contributed by atoms with Crippen LogP contribution < -0.4 is 10.6 Å². The molecule has 0 bridgehead atoms. The zero-order valence-corrected chi connectivity index (χ0v) is 18.5. The second-order valence-electron chi connectivity index (χ2n) is 6.84. The summed E-state index contributed by atoms with van der Waals surface area (Å²) in [7, 11) is 0. The third-order valence-corrected chi connectivity index (χ3v) is 3.98. The first kappa shape index (κ1) is 23.9. The maximum absolute atomic E-state index is 5.61. The van der Waals surface area contributed by atoms with Gasteiger partial charge in [0.1, 0.15) is 0 Å². The minimum Gasteiger partial charge on any atom is -0.381 e. The normalized spacial score (nSPS) is 17.0. The van der Waals surface area contributed by atoms with Crippen LogP contribution in [0, 0.1) is 5.92 Å². The van der Waals surface area contributed by atoms with E-state index in [1.54, 1.807) is 0 Å². The minimum absolute atomic E-state index is 0. The number of halogens is 1. The van der Waals surface area contributed by atoms with E-state index in [0.717, 1.165) is 38.7 Å². The first-order valence-electron chi connectivity index (χ1n) is 9.50. The number of rotatable bonds is 10. The van der Waals surface area contributed by atoms with Crippen molar-refractivity contribution < 1.29 is 4.74 Å². The first-order chi connectivity index (χ1) is 11.2. The monoisotopic (exact) mass is 454 g/mol. The highest BCUT2D eigenvalue weighted by Gasteiger charge is 2.19. The second kappa shape index (κ2) is 15.2. The summed E-state index contributed by atoms with van der Waals surface area (Å²) >= 11 is 0. The molecule has 0 aromatic carbocycles. The fraction of sp³-hybridized carbons (Fsp3) is 0.944. The molecule has 1 aliphatic rings. The molecule has 0 amide bonds. The molecule has 0 aromatic heterocycles. The fourth-order valence-corrected chi connectivity index (χ4v) is 2.81. The maximum atomic E-state index is 5.61.